The van der Waals surface area contributed by atoms with Crippen LogP contribution in [0.5, 0.6) is 5.75 Å². The Morgan fingerprint density at radius 3 is 2.92 bits per heavy atom. The molecule has 1 fully saturated rings. The highest BCUT2D eigenvalue weighted by atomic mass is 16.5. The summed E-state index contributed by atoms with van der Waals surface area (Å²) in [7, 11) is 2.08. The minimum atomic E-state index is 0.00300. The van der Waals surface area contributed by atoms with Gasteiger partial charge in [0.15, 0.2) is 0 Å². The van der Waals surface area contributed by atoms with Crippen molar-refractivity contribution < 1.29 is 9.53 Å². The number of amides is 1. The maximum atomic E-state index is 12.8. The van der Waals surface area contributed by atoms with E-state index in [2.05, 4.69) is 29.1 Å². The lowest BCUT2D eigenvalue weighted by Gasteiger charge is -2.37. The van der Waals surface area contributed by atoms with Crippen molar-refractivity contribution >= 4 is 5.91 Å². The lowest BCUT2D eigenvalue weighted by atomic mass is 10.1. The van der Waals surface area contributed by atoms with Crippen LogP contribution in [0.1, 0.15) is 24.3 Å². The molecule has 1 saturated heterocycles. The van der Waals surface area contributed by atoms with E-state index in [1.807, 2.05) is 42.2 Å². The zero-order chi connectivity index (χ0) is 17.1. The van der Waals surface area contributed by atoms with E-state index in [-0.39, 0.29) is 11.9 Å². The summed E-state index contributed by atoms with van der Waals surface area (Å²) in [5, 5.41) is 7.21. The molecule has 1 N–H and O–H groups in total. The molecule has 0 unspecified atom stereocenters. The van der Waals surface area contributed by atoms with Gasteiger partial charge in [0.2, 0.25) is 0 Å². The Labute approximate surface area is 142 Å². The number of aromatic amines is 1. The van der Waals surface area contributed by atoms with Crippen LogP contribution < -0.4 is 4.74 Å². The van der Waals surface area contributed by atoms with E-state index < -0.39 is 0 Å². The Morgan fingerprint density at radius 2 is 2.17 bits per heavy atom. The third-order valence-electron chi connectivity index (χ3n) is 4.36. The molecule has 0 saturated carbocycles. The number of hydrogen-bond acceptors (Lipinski definition) is 4. The molecule has 1 atom stereocenters. The van der Waals surface area contributed by atoms with Crippen molar-refractivity contribution in [3.05, 3.63) is 36.0 Å². The zero-order valence-corrected chi connectivity index (χ0v) is 14.5. The third-order valence-corrected chi connectivity index (χ3v) is 4.36. The smallest absolute Gasteiger partial charge is 0.272 e. The standard InChI is InChI=1S/C18H24N4O2/c1-4-24-17-8-6-5-7-14(17)15-11-16(20-19-15)18(23)22-10-9-21(3)12-13(22)2/h5-8,11,13H,4,9-10,12H2,1-3H3,(H,19,20)/t13-/m0/s1. The van der Waals surface area contributed by atoms with Gasteiger partial charge in [-0.05, 0) is 39.1 Å². The summed E-state index contributed by atoms with van der Waals surface area (Å²) in [5.41, 5.74) is 2.14. The Morgan fingerprint density at radius 1 is 1.38 bits per heavy atom. The van der Waals surface area contributed by atoms with Crippen molar-refractivity contribution in [1.82, 2.24) is 20.0 Å². The highest BCUT2D eigenvalue weighted by molar-refractivity contribution is 5.94. The van der Waals surface area contributed by atoms with Gasteiger partial charge in [0, 0.05) is 31.2 Å². The molecule has 3 rings (SSSR count). The van der Waals surface area contributed by atoms with E-state index >= 15 is 0 Å². The molecule has 0 radical (unpaired) electrons. The molecule has 2 aromatic rings. The van der Waals surface area contributed by atoms with Gasteiger partial charge in [-0.25, -0.2) is 0 Å². The first-order chi connectivity index (χ1) is 11.6. The van der Waals surface area contributed by atoms with Crippen molar-refractivity contribution in [1.29, 1.82) is 0 Å². The summed E-state index contributed by atoms with van der Waals surface area (Å²) in [6, 6.07) is 9.74. The number of nitrogens with zero attached hydrogens (tertiary/aromatic N) is 3. The third kappa shape index (κ3) is 3.28. The predicted molar refractivity (Wildman–Crippen MR) is 93.2 cm³/mol. The van der Waals surface area contributed by atoms with Crippen LogP contribution in [0.3, 0.4) is 0 Å². The first-order valence-electron chi connectivity index (χ1n) is 8.37. The Hall–Kier alpha value is -2.34. The van der Waals surface area contributed by atoms with Gasteiger partial charge >= 0.3 is 0 Å². The molecule has 6 heteroatoms. The van der Waals surface area contributed by atoms with Crippen molar-refractivity contribution in [2.24, 2.45) is 0 Å². The Kier molecular flexibility index (Phi) is 4.85. The second kappa shape index (κ2) is 7.05. The molecule has 0 spiro atoms. The van der Waals surface area contributed by atoms with E-state index in [0.29, 0.717) is 12.3 Å². The quantitative estimate of drug-likeness (QED) is 0.935. The summed E-state index contributed by atoms with van der Waals surface area (Å²) in [5.74, 6) is 0.779. The average Bonchev–Trinajstić information content (AvgIpc) is 3.05. The largest absolute Gasteiger partial charge is 0.493 e. The highest BCUT2D eigenvalue weighted by Gasteiger charge is 2.27. The summed E-state index contributed by atoms with van der Waals surface area (Å²) >= 11 is 0. The fraction of sp³-hybridized carbons (Fsp3) is 0.444. The number of ether oxygens (including phenoxy) is 1. The fourth-order valence-electron chi connectivity index (χ4n) is 3.13. The van der Waals surface area contributed by atoms with E-state index in [9.17, 15) is 4.79 Å². The van der Waals surface area contributed by atoms with E-state index in [0.717, 1.165) is 36.6 Å². The molecule has 0 aliphatic carbocycles. The number of carbonyl (C=O) groups excluding carboxylic acids is 1. The minimum Gasteiger partial charge on any atom is -0.493 e. The van der Waals surface area contributed by atoms with Crippen LogP contribution in [0, 0.1) is 0 Å². The van der Waals surface area contributed by atoms with Gasteiger partial charge in [0.25, 0.3) is 5.91 Å². The Balaban J connectivity index is 1.82. The molecule has 1 aromatic carbocycles. The minimum absolute atomic E-state index is 0.00300. The molecule has 24 heavy (non-hydrogen) atoms. The predicted octanol–water partition coefficient (Wildman–Crippen LogP) is 2.25. The molecule has 1 aliphatic heterocycles. The summed E-state index contributed by atoms with van der Waals surface area (Å²) in [6.45, 7) is 7.14. The van der Waals surface area contributed by atoms with Gasteiger partial charge in [0.05, 0.1) is 12.3 Å². The number of nitrogens with one attached hydrogen (secondary N) is 1. The van der Waals surface area contributed by atoms with E-state index in [4.69, 9.17) is 4.74 Å². The number of carbonyl (C=O) groups is 1. The molecular weight excluding hydrogens is 304 g/mol. The second-order valence-electron chi connectivity index (χ2n) is 6.21. The summed E-state index contributed by atoms with van der Waals surface area (Å²) in [4.78, 5) is 16.9. The van der Waals surface area contributed by atoms with Gasteiger partial charge in [-0.3, -0.25) is 9.89 Å². The monoisotopic (exact) mass is 328 g/mol. The first-order valence-corrected chi connectivity index (χ1v) is 8.37. The number of piperazine rings is 1. The number of likely N-dealkylation sites (N-methyl/N-ethyl adjacent to an activating group) is 1. The lowest BCUT2D eigenvalue weighted by molar-refractivity contribution is 0.0527. The summed E-state index contributed by atoms with van der Waals surface area (Å²) in [6.07, 6.45) is 0. The molecule has 1 amide bonds. The van der Waals surface area contributed by atoms with Crippen LogP contribution in [-0.4, -0.2) is 65.2 Å². The average molecular weight is 328 g/mol. The van der Waals surface area contributed by atoms with Gasteiger partial charge < -0.3 is 14.5 Å². The molecule has 0 bridgehead atoms. The zero-order valence-electron chi connectivity index (χ0n) is 14.5. The van der Waals surface area contributed by atoms with Crippen LogP contribution in [0.4, 0.5) is 0 Å². The van der Waals surface area contributed by atoms with Gasteiger partial charge in [-0.15, -0.1) is 0 Å². The number of benzene rings is 1. The van der Waals surface area contributed by atoms with Crippen LogP contribution in [0.25, 0.3) is 11.3 Å². The van der Waals surface area contributed by atoms with Crippen LogP contribution in [0.15, 0.2) is 30.3 Å². The summed E-state index contributed by atoms with van der Waals surface area (Å²) < 4.78 is 5.65. The number of rotatable bonds is 4. The molecule has 1 aliphatic rings. The van der Waals surface area contributed by atoms with Gasteiger partial charge in [0.1, 0.15) is 11.4 Å². The Bertz CT molecular complexity index is 713. The SMILES string of the molecule is CCOc1ccccc1-c1cc(C(=O)N2CCN(C)C[C@@H]2C)[nH]n1. The molecular formula is C18H24N4O2. The maximum Gasteiger partial charge on any atom is 0.272 e. The number of para-hydroxylation sites is 1. The normalized spacial score (nSPS) is 18.6. The highest BCUT2D eigenvalue weighted by Crippen LogP contribution is 2.29. The number of aromatic nitrogens is 2. The van der Waals surface area contributed by atoms with Crippen molar-refractivity contribution in [3.63, 3.8) is 0 Å². The van der Waals surface area contributed by atoms with E-state index in [1.165, 1.54) is 0 Å². The number of H-pyrrole nitrogens is 1. The van der Waals surface area contributed by atoms with Crippen LogP contribution in [-0.2, 0) is 0 Å². The lowest BCUT2D eigenvalue weighted by Crippen LogP contribution is -2.52. The first kappa shape index (κ1) is 16.5. The van der Waals surface area contributed by atoms with Gasteiger partial charge in [-0.1, -0.05) is 12.1 Å². The van der Waals surface area contributed by atoms with Gasteiger partial charge in [-0.2, -0.15) is 5.10 Å². The molecule has 2 heterocycles. The topological polar surface area (TPSA) is 61.5 Å². The van der Waals surface area contributed by atoms with Crippen molar-refractivity contribution in [2.75, 3.05) is 33.3 Å². The molecule has 128 valence electrons. The fourth-order valence-corrected chi connectivity index (χ4v) is 3.13. The van der Waals surface area contributed by atoms with Crippen LogP contribution >= 0.6 is 0 Å². The second-order valence-corrected chi connectivity index (χ2v) is 6.21. The van der Waals surface area contributed by atoms with E-state index in [1.54, 1.807) is 0 Å². The number of hydrogen-bond donors (Lipinski definition) is 1. The van der Waals surface area contributed by atoms with Crippen LogP contribution in [0.2, 0.25) is 0 Å². The molecule has 6 nitrogen and oxygen atoms in total. The molecule has 1 aromatic heterocycles. The van der Waals surface area contributed by atoms with Crippen molar-refractivity contribution in [2.45, 2.75) is 19.9 Å². The van der Waals surface area contributed by atoms with Crippen molar-refractivity contribution in [3.8, 4) is 17.0 Å². The maximum absolute atomic E-state index is 12.8.